The third-order valence-electron chi connectivity index (χ3n) is 4.09. The van der Waals surface area contributed by atoms with Crippen LogP contribution in [0.3, 0.4) is 0 Å². The van der Waals surface area contributed by atoms with Crippen molar-refractivity contribution in [2.75, 3.05) is 14.1 Å². The van der Waals surface area contributed by atoms with Gasteiger partial charge in [-0.05, 0) is 30.7 Å². The van der Waals surface area contributed by atoms with Gasteiger partial charge in [-0.1, -0.05) is 47.7 Å². The molecule has 0 bridgehead atoms. The Balaban J connectivity index is 1.70. The summed E-state index contributed by atoms with van der Waals surface area (Å²) in [5, 5.41) is 9.53. The van der Waals surface area contributed by atoms with Crippen molar-refractivity contribution in [1.29, 1.82) is 0 Å². The number of hydrogen-bond acceptors (Lipinski definition) is 4. The first kappa shape index (κ1) is 18.2. The number of aromatic nitrogens is 3. The zero-order chi connectivity index (χ0) is 18.7. The van der Waals surface area contributed by atoms with Crippen LogP contribution in [-0.2, 0) is 12.8 Å². The number of nitrogens with zero attached hydrogens (tertiary/aromatic N) is 4. The average molecular weight is 366 g/mol. The highest BCUT2D eigenvalue weighted by Gasteiger charge is 2.12. The molecular weight excluding hydrogens is 344 g/mol. The molecule has 0 saturated carbocycles. The van der Waals surface area contributed by atoms with E-state index in [9.17, 15) is 4.79 Å². The summed E-state index contributed by atoms with van der Waals surface area (Å²) >= 11 is 1.63. The number of aryl methyl sites for hydroxylation is 1. The predicted molar refractivity (Wildman–Crippen MR) is 105 cm³/mol. The number of hydrogen-bond donors (Lipinski definition) is 0. The van der Waals surface area contributed by atoms with Gasteiger partial charge in [-0.3, -0.25) is 4.79 Å². The van der Waals surface area contributed by atoms with Crippen molar-refractivity contribution in [2.24, 2.45) is 7.05 Å². The summed E-state index contributed by atoms with van der Waals surface area (Å²) in [5.74, 6) is 1.65. The highest BCUT2D eigenvalue weighted by atomic mass is 32.2. The third kappa shape index (κ3) is 3.96. The number of rotatable bonds is 5. The number of carbonyl (C=O) groups is 1. The lowest BCUT2D eigenvalue weighted by Gasteiger charge is -2.10. The lowest BCUT2D eigenvalue weighted by atomic mass is 10.1. The van der Waals surface area contributed by atoms with Gasteiger partial charge in [0.25, 0.3) is 5.91 Å². The van der Waals surface area contributed by atoms with Crippen molar-refractivity contribution in [3.63, 3.8) is 0 Å². The zero-order valence-electron chi connectivity index (χ0n) is 15.4. The first-order valence-corrected chi connectivity index (χ1v) is 9.34. The van der Waals surface area contributed by atoms with Crippen molar-refractivity contribution >= 4 is 17.7 Å². The van der Waals surface area contributed by atoms with E-state index < -0.39 is 0 Å². The number of carbonyl (C=O) groups excluding carboxylic acids is 1. The maximum absolute atomic E-state index is 11.9. The van der Waals surface area contributed by atoms with Crippen LogP contribution < -0.4 is 0 Å². The minimum Gasteiger partial charge on any atom is -0.345 e. The van der Waals surface area contributed by atoms with E-state index in [2.05, 4.69) is 29.3 Å². The van der Waals surface area contributed by atoms with Crippen molar-refractivity contribution in [3.8, 4) is 11.4 Å². The van der Waals surface area contributed by atoms with E-state index in [0.717, 1.165) is 27.9 Å². The topological polar surface area (TPSA) is 51.0 Å². The van der Waals surface area contributed by atoms with Crippen LogP contribution in [0.25, 0.3) is 11.4 Å². The van der Waals surface area contributed by atoms with Crippen molar-refractivity contribution in [3.05, 3.63) is 65.2 Å². The van der Waals surface area contributed by atoms with Gasteiger partial charge >= 0.3 is 0 Å². The molecule has 0 aliphatic rings. The van der Waals surface area contributed by atoms with Gasteiger partial charge in [-0.2, -0.15) is 0 Å². The number of amides is 1. The van der Waals surface area contributed by atoms with Gasteiger partial charge in [-0.25, -0.2) is 0 Å². The molecule has 0 aliphatic carbocycles. The Labute approximate surface area is 158 Å². The fourth-order valence-corrected chi connectivity index (χ4v) is 3.49. The molecule has 2 aromatic carbocycles. The van der Waals surface area contributed by atoms with E-state index in [4.69, 9.17) is 0 Å². The smallest absolute Gasteiger partial charge is 0.253 e. The van der Waals surface area contributed by atoms with E-state index in [1.807, 2.05) is 48.0 Å². The highest BCUT2D eigenvalue weighted by Crippen LogP contribution is 2.25. The summed E-state index contributed by atoms with van der Waals surface area (Å²) < 4.78 is 2.02. The lowest BCUT2D eigenvalue weighted by Crippen LogP contribution is -2.21. The summed E-state index contributed by atoms with van der Waals surface area (Å²) in [6, 6.07) is 16.0. The van der Waals surface area contributed by atoms with E-state index in [1.165, 1.54) is 5.56 Å². The van der Waals surface area contributed by atoms with Gasteiger partial charge < -0.3 is 9.47 Å². The second kappa shape index (κ2) is 7.74. The minimum absolute atomic E-state index is 0.0142. The second-order valence-corrected chi connectivity index (χ2v) is 7.36. The maximum Gasteiger partial charge on any atom is 0.253 e. The van der Waals surface area contributed by atoms with Gasteiger partial charge in [0.15, 0.2) is 11.0 Å². The predicted octanol–water partition coefficient (Wildman–Crippen LogP) is 3.78. The largest absolute Gasteiger partial charge is 0.345 e. The molecule has 3 aromatic rings. The molecular formula is C20H22N4OS. The zero-order valence-corrected chi connectivity index (χ0v) is 16.2. The van der Waals surface area contributed by atoms with Crippen LogP contribution in [-0.4, -0.2) is 39.7 Å². The molecule has 0 radical (unpaired) electrons. The average Bonchev–Trinajstić information content (AvgIpc) is 3.00. The fraction of sp³-hybridized carbons (Fsp3) is 0.250. The van der Waals surface area contributed by atoms with Crippen LogP contribution >= 0.6 is 11.8 Å². The minimum atomic E-state index is 0.0142. The summed E-state index contributed by atoms with van der Waals surface area (Å²) in [5.41, 5.74) is 4.11. The first-order chi connectivity index (χ1) is 12.5. The summed E-state index contributed by atoms with van der Waals surface area (Å²) in [7, 11) is 5.50. The second-order valence-electron chi connectivity index (χ2n) is 6.42. The van der Waals surface area contributed by atoms with E-state index in [0.29, 0.717) is 5.56 Å². The summed E-state index contributed by atoms with van der Waals surface area (Å²) in [6.07, 6.45) is 0. The molecule has 0 spiro atoms. The van der Waals surface area contributed by atoms with Crippen LogP contribution in [0.15, 0.2) is 53.7 Å². The van der Waals surface area contributed by atoms with Crippen LogP contribution in [0.4, 0.5) is 0 Å². The Hall–Kier alpha value is -2.60. The van der Waals surface area contributed by atoms with Gasteiger partial charge in [0.2, 0.25) is 0 Å². The summed E-state index contributed by atoms with van der Waals surface area (Å²) in [6.45, 7) is 2.07. The lowest BCUT2D eigenvalue weighted by molar-refractivity contribution is 0.0827. The van der Waals surface area contributed by atoms with Crippen LogP contribution in [0, 0.1) is 6.92 Å². The summed E-state index contributed by atoms with van der Waals surface area (Å²) in [4.78, 5) is 13.5. The molecule has 0 saturated heterocycles. The Kier molecular flexibility index (Phi) is 5.42. The van der Waals surface area contributed by atoms with Gasteiger partial charge in [-0.15, -0.1) is 10.2 Å². The molecule has 134 valence electrons. The molecule has 1 amide bonds. The van der Waals surface area contributed by atoms with Crippen LogP contribution in [0.2, 0.25) is 0 Å². The SMILES string of the molecule is Cc1cccc(-c2nnc(SCc3ccc(C(=O)N(C)C)cc3)n2C)c1. The van der Waals surface area contributed by atoms with Crippen molar-refractivity contribution in [1.82, 2.24) is 19.7 Å². The standard InChI is InChI=1S/C20H22N4OS/c1-14-6-5-7-17(12-14)18-21-22-20(24(18)4)26-13-15-8-10-16(11-9-15)19(25)23(2)3/h5-12H,13H2,1-4H3. The fourth-order valence-electron chi connectivity index (χ4n) is 2.63. The first-order valence-electron chi connectivity index (χ1n) is 8.35. The van der Waals surface area contributed by atoms with Crippen molar-refractivity contribution in [2.45, 2.75) is 17.8 Å². The molecule has 6 heteroatoms. The van der Waals surface area contributed by atoms with Crippen molar-refractivity contribution < 1.29 is 4.79 Å². The van der Waals surface area contributed by atoms with E-state index >= 15 is 0 Å². The van der Waals surface area contributed by atoms with Gasteiger partial charge in [0.1, 0.15) is 0 Å². The molecule has 26 heavy (non-hydrogen) atoms. The molecule has 1 heterocycles. The molecule has 0 aliphatic heterocycles. The number of benzene rings is 2. The number of thioether (sulfide) groups is 1. The van der Waals surface area contributed by atoms with Gasteiger partial charge in [0.05, 0.1) is 0 Å². The molecule has 0 fully saturated rings. The van der Waals surface area contributed by atoms with Gasteiger partial charge in [0, 0.05) is 38.0 Å². The molecule has 3 rings (SSSR count). The molecule has 0 unspecified atom stereocenters. The Morgan fingerprint density at radius 1 is 1.12 bits per heavy atom. The molecule has 1 aromatic heterocycles. The Bertz CT molecular complexity index is 916. The van der Waals surface area contributed by atoms with Crippen LogP contribution in [0.5, 0.6) is 0 Å². The monoisotopic (exact) mass is 366 g/mol. The Morgan fingerprint density at radius 2 is 1.85 bits per heavy atom. The van der Waals surface area contributed by atoms with Crippen LogP contribution in [0.1, 0.15) is 21.5 Å². The maximum atomic E-state index is 11.9. The third-order valence-corrected chi connectivity index (χ3v) is 5.18. The normalized spacial score (nSPS) is 10.8. The van der Waals surface area contributed by atoms with E-state index in [1.54, 1.807) is 30.8 Å². The Morgan fingerprint density at radius 3 is 2.50 bits per heavy atom. The highest BCUT2D eigenvalue weighted by molar-refractivity contribution is 7.98. The van der Waals surface area contributed by atoms with E-state index in [-0.39, 0.29) is 5.91 Å². The molecule has 0 atom stereocenters. The quantitative estimate of drug-likeness (QED) is 0.645. The molecule has 5 nitrogen and oxygen atoms in total. The molecule has 0 N–H and O–H groups in total.